The van der Waals surface area contributed by atoms with Gasteiger partial charge in [0.15, 0.2) is 5.13 Å². The van der Waals surface area contributed by atoms with E-state index >= 15 is 0 Å². The Hall–Kier alpha value is -0.870. The Labute approximate surface area is 120 Å². The highest BCUT2D eigenvalue weighted by molar-refractivity contribution is 9.10. The summed E-state index contributed by atoms with van der Waals surface area (Å²) in [6.45, 7) is 6.42. The molecular weight excluding hydrogens is 308 g/mol. The first-order valence-electron chi connectivity index (χ1n) is 5.97. The Bertz CT molecular complexity index is 561. The van der Waals surface area contributed by atoms with Crippen LogP contribution in [0.5, 0.6) is 0 Å². The molecule has 0 fully saturated rings. The molecule has 0 aliphatic rings. The van der Waals surface area contributed by atoms with E-state index in [0.717, 1.165) is 16.6 Å². The van der Waals surface area contributed by atoms with Gasteiger partial charge in [-0.15, -0.1) is 11.3 Å². The lowest BCUT2D eigenvalue weighted by atomic mass is 10.0. The molecule has 0 saturated heterocycles. The van der Waals surface area contributed by atoms with Crippen LogP contribution in [-0.2, 0) is 6.42 Å². The van der Waals surface area contributed by atoms with E-state index in [9.17, 15) is 0 Å². The molecule has 1 aromatic heterocycles. The summed E-state index contributed by atoms with van der Waals surface area (Å²) >= 11 is 5.13. The van der Waals surface area contributed by atoms with Gasteiger partial charge in [0.2, 0.25) is 0 Å². The second-order valence-electron chi connectivity index (χ2n) is 4.78. The topological polar surface area (TPSA) is 38.9 Å². The van der Waals surface area contributed by atoms with Crippen molar-refractivity contribution >= 4 is 32.4 Å². The summed E-state index contributed by atoms with van der Waals surface area (Å²) in [6, 6.07) is 6.46. The largest absolute Gasteiger partial charge is 0.375 e. The third-order valence-corrected chi connectivity index (χ3v) is 4.67. The molecule has 0 atom stereocenters. The van der Waals surface area contributed by atoms with Crippen molar-refractivity contribution in [1.29, 1.82) is 0 Å². The molecule has 0 unspecified atom stereocenters. The number of halogens is 1. The van der Waals surface area contributed by atoms with Crippen LogP contribution in [0, 0.1) is 6.92 Å². The SMILES string of the molecule is Cc1cc(Cc2sc(N)nc2C(C)C)ccc1Br. The van der Waals surface area contributed by atoms with Crippen LogP contribution in [0.25, 0.3) is 0 Å². The van der Waals surface area contributed by atoms with E-state index in [1.807, 2.05) is 0 Å². The van der Waals surface area contributed by atoms with Crippen LogP contribution >= 0.6 is 27.3 Å². The number of anilines is 1. The summed E-state index contributed by atoms with van der Waals surface area (Å²) in [5.74, 6) is 0.421. The number of rotatable bonds is 3. The van der Waals surface area contributed by atoms with Gasteiger partial charge in [0.25, 0.3) is 0 Å². The zero-order chi connectivity index (χ0) is 13.3. The molecule has 2 N–H and O–H groups in total. The third-order valence-electron chi connectivity index (χ3n) is 2.88. The zero-order valence-corrected chi connectivity index (χ0v) is 13.2. The van der Waals surface area contributed by atoms with Gasteiger partial charge in [0.05, 0.1) is 5.69 Å². The number of nitrogens with two attached hydrogens (primary N) is 1. The van der Waals surface area contributed by atoms with Gasteiger partial charge in [-0.1, -0.05) is 41.9 Å². The number of hydrogen-bond acceptors (Lipinski definition) is 3. The number of hydrogen-bond donors (Lipinski definition) is 1. The Morgan fingerprint density at radius 1 is 1.39 bits per heavy atom. The first-order chi connectivity index (χ1) is 8.47. The minimum atomic E-state index is 0.421. The monoisotopic (exact) mass is 324 g/mol. The van der Waals surface area contributed by atoms with Crippen molar-refractivity contribution in [2.24, 2.45) is 0 Å². The molecule has 1 heterocycles. The number of nitrogens with zero attached hydrogens (tertiary/aromatic N) is 1. The molecule has 4 heteroatoms. The molecule has 96 valence electrons. The van der Waals surface area contributed by atoms with Crippen LogP contribution < -0.4 is 5.73 Å². The minimum absolute atomic E-state index is 0.421. The van der Waals surface area contributed by atoms with Gasteiger partial charge in [-0.05, 0) is 30.0 Å². The van der Waals surface area contributed by atoms with Gasteiger partial charge in [0.1, 0.15) is 0 Å². The van der Waals surface area contributed by atoms with Crippen LogP contribution in [0.4, 0.5) is 5.13 Å². The van der Waals surface area contributed by atoms with Gasteiger partial charge in [-0.2, -0.15) is 0 Å². The highest BCUT2D eigenvalue weighted by Crippen LogP contribution is 2.29. The van der Waals surface area contributed by atoms with Gasteiger partial charge >= 0.3 is 0 Å². The summed E-state index contributed by atoms with van der Waals surface area (Å²) in [4.78, 5) is 5.72. The van der Waals surface area contributed by atoms with Gasteiger partial charge < -0.3 is 5.73 Å². The highest BCUT2D eigenvalue weighted by atomic mass is 79.9. The number of aryl methyl sites for hydroxylation is 1. The number of thiazole rings is 1. The second kappa shape index (κ2) is 5.41. The summed E-state index contributed by atoms with van der Waals surface area (Å²) in [5, 5.41) is 0.669. The van der Waals surface area contributed by atoms with Gasteiger partial charge in [-0.3, -0.25) is 0 Å². The molecule has 0 bridgehead atoms. The number of benzene rings is 1. The lowest BCUT2D eigenvalue weighted by Gasteiger charge is -2.06. The molecule has 18 heavy (non-hydrogen) atoms. The fraction of sp³-hybridized carbons (Fsp3) is 0.357. The fourth-order valence-corrected chi connectivity index (χ4v) is 3.23. The summed E-state index contributed by atoms with van der Waals surface area (Å²) in [7, 11) is 0. The highest BCUT2D eigenvalue weighted by Gasteiger charge is 2.13. The predicted octanol–water partition coefficient (Wildman–Crippen LogP) is 4.51. The fourth-order valence-electron chi connectivity index (χ4n) is 1.96. The van der Waals surface area contributed by atoms with Gasteiger partial charge in [0, 0.05) is 15.8 Å². The molecule has 0 saturated carbocycles. The van der Waals surface area contributed by atoms with E-state index in [2.05, 4.69) is 59.9 Å². The van der Waals surface area contributed by atoms with Crippen LogP contribution in [0.2, 0.25) is 0 Å². The van der Waals surface area contributed by atoms with Crippen molar-refractivity contribution in [1.82, 2.24) is 4.98 Å². The molecule has 0 amide bonds. The van der Waals surface area contributed by atoms with Crippen molar-refractivity contribution in [2.75, 3.05) is 5.73 Å². The van der Waals surface area contributed by atoms with E-state index in [0.29, 0.717) is 11.0 Å². The quantitative estimate of drug-likeness (QED) is 0.902. The molecule has 0 spiro atoms. The summed E-state index contributed by atoms with van der Waals surface area (Å²) < 4.78 is 1.15. The van der Waals surface area contributed by atoms with E-state index in [-0.39, 0.29) is 0 Å². The Balaban J connectivity index is 2.30. The lowest BCUT2D eigenvalue weighted by Crippen LogP contribution is -1.95. The Morgan fingerprint density at radius 2 is 2.11 bits per heavy atom. The predicted molar refractivity (Wildman–Crippen MR) is 82.3 cm³/mol. The molecule has 1 aromatic carbocycles. The molecule has 2 nitrogen and oxygen atoms in total. The van der Waals surface area contributed by atoms with E-state index < -0.39 is 0 Å². The van der Waals surface area contributed by atoms with Crippen LogP contribution in [0.15, 0.2) is 22.7 Å². The summed E-state index contributed by atoms with van der Waals surface area (Å²) in [5.41, 5.74) is 9.53. The van der Waals surface area contributed by atoms with Crippen LogP contribution in [-0.4, -0.2) is 4.98 Å². The molecule has 0 aliphatic heterocycles. The number of aromatic nitrogens is 1. The third kappa shape index (κ3) is 2.93. The lowest BCUT2D eigenvalue weighted by molar-refractivity contribution is 0.820. The number of nitrogen functional groups attached to an aromatic ring is 1. The molecule has 2 aromatic rings. The first-order valence-corrected chi connectivity index (χ1v) is 7.58. The smallest absolute Gasteiger partial charge is 0.180 e. The molecule has 2 rings (SSSR count). The van der Waals surface area contributed by atoms with Crippen molar-refractivity contribution in [3.05, 3.63) is 44.4 Å². The van der Waals surface area contributed by atoms with Crippen LogP contribution in [0.3, 0.4) is 0 Å². The van der Waals surface area contributed by atoms with Crippen molar-refractivity contribution in [3.63, 3.8) is 0 Å². The zero-order valence-electron chi connectivity index (χ0n) is 10.8. The van der Waals surface area contributed by atoms with Crippen molar-refractivity contribution in [2.45, 2.75) is 33.1 Å². The maximum atomic E-state index is 5.82. The van der Waals surface area contributed by atoms with Crippen LogP contribution in [0.1, 0.15) is 41.5 Å². The minimum Gasteiger partial charge on any atom is -0.375 e. The molecule has 0 radical (unpaired) electrons. The summed E-state index contributed by atoms with van der Waals surface area (Å²) in [6.07, 6.45) is 0.913. The normalized spacial score (nSPS) is 11.2. The van der Waals surface area contributed by atoms with Crippen molar-refractivity contribution in [3.8, 4) is 0 Å². The first kappa shape index (κ1) is 13.6. The van der Waals surface area contributed by atoms with E-state index in [1.54, 1.807) is 11.3 Å². The molecule has 0 aliphatic carbocycles. The van der Waals surface area contributed by atoms with Crippen molar-refractivity contribution < 1.29 is 0 Å². The second-order valence-corrected chi connectivity index (χ2v) is 6.75. The standard InChI is InChI=1S/C14H17BrN2S/c1-8(2)13-12(18-14(16)17-13)7-10-4-5-11(15)9(3)6-10/h4-6,8H,7H2,1-3H3,(H2,16,17). The Kier molecular flexibility index (Phi) is 4.07. The maximum Gasteiger partial charge on any atom is 0.180 e. The van der Waals surface area contributed by atoms with Gasteiger partial charge in [-0.25, -0.2) is 4.98 Å². The Morgan fingerprint density at radius 3 is 2.72 bits per heavy atom. The average molecular weight is 325 g/mol. The average Bonchev–Trinajstić information content (AvgIpc) is 2.65. The maximum absolute atomic E-state index is 5.82. The van der Waals surface area contributed by atoms with E-state index in [4.69, 9.17) is 5.73 Å². The van der Waals surface area contributed by atoms with E-state index in [1.165, 1.54) is 16.0 Å². The molecular formula is C14H17BrN2S.